The van der Waals surface area contributed by atoms with Crippen molar-refractivity contribution in [2.75, 3.05) is 12.4 Å². The van der Waals surface area contributed by atoms with E-state index in [1.54, 1.807) is 0 Å². The van der Waals surface area contributed by atoms with Crippen molar-refractivity contribution in [3.8, 4) is 5.75 Å². The van der Waals surface area contributed by atoms with E-state index in [-0.39, 0.29) is 0 Å². The molecular weight excluding hydrogens is 240 g/mol. The molecular formula is C13H19ClOS. The molecule has 1 aromatic carbocycles. The number of hydrogen-bond donors (Lipinski definition) is 1. The fourth-order valence-electron chi connectivity index (χ4n) is 1.69. The molecule has 0 bridgehead atoms. The van der Waals surface area contributed by atoms with Crippen LogP contribution < -0.4 is 4.74 Å². The van der Waals surface area contributed by atoms with Crippen molar-refractivity contribution in [3.63, 3.8) is 0 Å². The average molecular weight is 259 g/mol. The van der Waals surface area contributed by atoms with E-state index in [9.17, 15) is 0 Å². The van der Waals surface area contributed by atoms with Gasteiger partial charge in [0.15, 0.2) is 0 Å². The van der Waals surface area contributed by atoms with Crippen molar-refractivity contribution in [1.82, 2.24) is 0 Å². The van der Waals surface area contributed by atoms with E-state index in [0.29, 0.717) is 0 Å². The number of rotatable bonds is 6. The molecule has 0 N–H and O–H groups in total. The largest absolute Gasteiger partial charge is 0.493 e. The Hall–Kier alpha value is -0.340. The molecule has 0 heterocycles. The van der Waals surface area contributed by atoms with Gasteiger partial charge in [0.25, 0.3) is 0 Å². The van der Waals surface area contributed by atoms with E-state index in [0.717, 1.165) is 47.1 Å². The molecule has 0 saturated heterocycles. The van der Waals surface area contributed by atoms with E-state index in [1.807, 2.05) is 26.0 Å². The predicted molar refractivity (Wildman–Crippen MR) is 74.1 cm³/mol. The standard InChI is InChI=1S/C13H19ClOS/c1-10-8-12(14)9-11(2)13(10)15-6-4-3-5-7-16/h8-9,16H,3-7H2,1-2H3. The second-order valence-corrected chi connectivity index (χ2v) is 4.89. The summed E-state index contributed by atoms with van der Waals surface area (Å²) in [6, 6.07) is 3.88. The highest BCUT2D eigenvalue weighted by Gasteiger charge is 2.05. The summed E-state index contributed by atoms with van der Waals surface area (Å²) in [6.07, 6.45) is 3.42. The molecule has 0 spiro atoms. The fraction of sp³-hybridized carbons (Fsp3) is 0.538. The molecule has 0 aromatic heterocycles. The highest BCUT2D eigenvalue weighted by Crippen LogP contribution is 2.27. The maximum atomic E-state index is 5.96. The van der Waals surface area contributed by atoms with Crippen LogP contribution in [-0.2, 0) is 0 Å². The summed E-state index contributed by atoms with van der Waals surface area (Å²) in [5.74, 6) is 1.94. The Kier molecular flexibility index (Phi) is 6.07. The van der Waals surface area contributed by atoms with Gasteiger partial charge in [-0.1, -0.05) is 11.6 Å². The molecule has 0 fully saturated rings. The Morgan fingerprint density at radius 1 is 1.12 bits per heavy atom. The van der Waals surface area contributed by atoms with Crippen LogP contribution in [0.5, 0.6) is 5.75 Å². The van der Waals surface area contributed by atoms with Crippen LogP contribution in [-0.4, -0.2) is 12.4 Å². The summed E-state index contributed by atoms with van der Waals surface area (Å²) >= 11 is 10.1. The summed E-state index contributed by atoms with van der Waals surface area (Å²) in [5, 5.41) is 0.775. The SMILES string of the molecule is Cc1cc(Cl)cc(C)c1OCCCCCS. The minimum absolute atomic E-state index is 0.775. The summed E-state index contributed by atoms with van der Waals surface area (Å²) in [5.41, 5.74) is 2.22. The third kappa shape index (κ3) is 4.26. The molecule has 16 heavy (non-hydrogen) atoms. The lowest BCUT2D eigenvalue weighted by Crippen LogP contribution is -2.00. The first kappa shape index (κ1) is 13.7. The summed E-state index contributed by atoms with van der Waals surface area (Å²) in [6.45, 7) is 4.83. The molecule has 1 nitrogen and oxygen atoms in total. The van der Waals surface area contributed by atoms with Crippen LogP contribution in [0.15, 0.2) is 12.1 Å². The maximum absolute atomic E-state index is 5.96. The minimum Gasteiger partial charge on any atom is -0.493 e. The minimum atomic E-state index is 0.775. The van der Waals surface area contributed by atoms with Gasteiger partial charge < -0.3 is 4.74 Å². The zero-order chi connectivity index (χ0) is 12.0. The van der Waals surface area contributed by atoms with Gasteiger partial charge in [0, 0.05) is 5.02 Å². The van der Waals surface area contributed by atoms with Crippen molar-refractivity contribution < 1.29 is 4.74 Å². The van der Waals surface area contributed by atoms with Crippen molar-refractivity contribution in [2.24, 2.45) is 0 Å². The third-order valence-corrected chi connectivity index (χ3v) is 3.01. The van der Waals surface area contributed by atoms with Gasteiger partial charge in [0.05, 0.1) is 6.61 Å². The molecule has 0 unspecified atom stereocenters. The molecule has 1 aromatic rings. The van der Waals surface area contributed by atoms with Crippen molar-refractivity contribution in [1.29, 1.82) is 0 Å². The van der Waals surface area contributed by atoms with Crippen LogP contribution in [0.2, 0.25) is 5.02 Å². The zero-order valence-electron chi connectivity index (χ0n) is 9.92. The molecule has 0 aliphatic heterocycles. The van der Waals surface area contributed by atoms with E-state index in [2.05, 4.69) is 12.6 Å². The van der Waals surface area contributed by atoms with E-state index >= 15 is 0 Å². The number of thiol groups is 1. The fourth-order valence-corrected chi connectivity index (χ4v) is 2.24. The van der Waals surface area contributed by atoms with Crippen LogP contribution in [0, 0.1) is 13.8 Å². The van der Waals surface area contributed by atoms with E-state index in [1.165, 1.54) is 6.42 Å². The maximum Gasteiger partial charge on any atom is 0.125 e. The second-order valence-electron chi connectivity index (χ2n) is 4.00. The first-order valence-electron chi connectivity index (χ1n) is 5.65. The van der Waals surface area contributed by atoms with Crippen LogP contribution in [0.1, 0.15) is 30.4 Å². The van der Waals surface area contributed by atoms with E-state index in [4.69, 9.17) is 16.3 Å². The molecule has 1 rings (SSSR count). The number of aryl methyl sites for hydroxylation is 2. The van der Waals surface area contributed by atoms with Crippen molar-refractivity contribution in [2.45, 2.75) is 33.1 Å². The van der Waals surface area contributed by atoms with Gasteiger partial charge in [-0.2, -0.15) is 12.6 Å². The molecule has 0 aliphatic rings. The summed E-state index contributed by atoms with van der Waals surface area (Å²) < 4.78 is 5.79. The normalized spacial score (nSPS) is 10.5. The molecule has 90 valence electrons. The Labute approximate surface area is 109 Å². The number of unbranched alkanes of at least 4 members (excludes halogenated alkanes) is 2. The predicted octanol–water partition coefficient (Wildman–Crippen LogP) is 4.44. The van der Waals surface area contributed by atoms with Crippen LogP contribution in [0.25, 0.3) is 0 Å². The Balaban J connectivity index is 2.47. The van der Waals surface area contributed by atoms with E-state index < -0.39 is 0 Å². The lowest BCUT2D eigenvalue weighted by atomic mass is 10.1. The van der Waals surface area contributed by atoms with Crippen LogP contribution >= 0.6 is 24.2 Å². The molecule has 0 aliphatic carbocycles. The Morgan fingerprint density at radius 3 is 2.31 bits per heavy atom. The number of ether oxygens (including phenoxy) is 1. The highest BCUT2D eigenvalue weighted by atomic mass is 35.5. The number of halogens is 1. The van der Waals surface area contributed by atoms with Gasteiger partial charge in [0.2, 0.25) is 0 Å². The van der Waals surface area contributed by atoms with Gasteiger partial charge in [-0.05, 0) is 62.1 Å². The van der Waals surface area contributed by atoms with Gasteiger partial charge >= 0.3 is 0 Å². The second kappa shape index (κ2) is 7.08. The van der Waals surface area contributed by atoms with Gasteiger partial charge in [-0.15, -0.1) is 0 Å². The average Bonchev–Trinajstić information content (AvgIpc) is 2.20. The first-order valence-corrected chi connectivity index (χ1v) is 6.66. The van der Waals surface area contributed by atoms with Crippen molar-refractivity contribution in [3.05, 3.63) is 28.3 Å². The molecule has 0 atom stereocenters. The molecule has 0 saturated carbocycles. The van der Waals surface area contributed by atoms with Gasteiger partial charge in [-0.3, -0.25) is 0 Å². The van der Waals surface area contributed by atoms with Crippen molar-refractivity contribution >= 4 is 24.2 Å². The Morgan fingerprint density at radius 2 is 1.75 bits per heavy atom. The zero-order valence-corrected chi connectivity index (χ0v) is 11.6. The summed E-state index contributed by atoms with van der Waals surface area (Å²) in [4.78, 5) is 0. The smallest absolute Gasteiger partial charge is 0.125 e. The topological polar surface area (TPSA) is 9.23 Å². The lowest BCUT2D eigenvalue weighted by molar-refractivity contribution is 0.302. The van der Waals surface area contributed by atoms with Crippen LogP contribution in [0.4, 0.5) is 0 Å². The number of benzene rings is 1. The van der Waals surface area contributed by atoms with Gasteiger partial charge in [-0.25, -0.2) is 0 Å². The third-order valence-electron chi connectivity index (χ3n) is 2.47. The quantitative estimate of drug-likeness (QED) is 0.586. The lowest BCUT2D eigenvalue weighted by Gasteiger charge is -2.12. The molecule has 0 radical (unpaired) electrons. The van der Waals surface area contributed by atoms with Crippen LogP contribution in [0.3, 0.4) is 0 Å². The summed E-state index contributed by atoms with van der Waals surface area (Å²) in [7, 11) is 0. The van der Waals surface area contributed by atoms with Gasteiger partial charge in [0.1, 0.15) is 5.75 Å². The Bertz CT molecular complexity index is 316. The molecule has 3 heteroatoms. The number of hydrogen-bond acceptors (Lipinski definition) is 2. The first-order chi connectivity index (χ1) is 7.65. The molecule has 0 amide bonds. The monoisotopic (exact) mass is 258 g/mol. The highest BCUT2D eigenvalue weighted by molar-refractivity contribution is 7.80.